The molecule has 2 aromatic carbocycles. The number of likely N-dealkylation sites (N-methyl/N-ethyl adjacent to an activating group) is 1. The van der Waals surface area contributed by atoms with Crippen LogP contribution in [0.15, 0.2) is 54.6 Å². The van der Waals surface area contributed by atoms with Gasteiger partial charge in [-0.3, -0.25) is 9.69 Å². The molecule has 0 bridgehead atoms. The average molecular weight is 372 g/mol. The number of para-hydroxylation sites is 1. The lowest BCUT2D eigenvalue weighted by Crippen LogP contribution is -2.54. The number of halogens is 1. The lowest BCUT2D eigenvalue weighted by atomic mass is 10.1. The van der Waals surface area contributed by atoms with Gasteiger partial charge in [-0.2, -0.15) is 0 Å². The van der Waals surface area contributed by atoms with E-state index in [2.05, 4.69) is 28.0 Å². The maximum absolute atomic E-state index is 12.8. The summed E-state index contributed by atoms with van der Waals surface area (Å²) in [6, 6.07) is 17.9. The first kappa shape index (κ1) is 18.7. The lowest BCUT2D eigenvalue weighted by Gasteiger charge is -2.39. The Labute approximate surface area is 161 Å². The van der Waals surface area contributed by atoms with Crippen LogP contribution in [0.5, 0.6) is 0 Å². The minimum Gasteiger partial charge on any atom is -0.368 e. The van der Waals surface area contributed by atoms with Gasteiger partial charge in [0.1, 0.15) is 0 Å². The summed E-state index contributed by atoms with van der Waals surface area (Å²) in [6.07, 6.45) is 0. The van der Waals surface area contributed by atoms with Crippen LogP contribution in [0.2, 0.25) is 5.02 Å². The molecule has 1 aliphatic rings. The standard InChI is InChI=1S/C21H26ClN3O/c1-17(21(26)23(2)16-18-8-4-3-5-9-18)24-12-14-25(15-13-24)20-11-7-6-10-19(20)22/h3-11,17H,12-16H2,1-2H3/t17-/m0/s1. The molecule has 1 amide bonds. The van der Waals surface area contributed by atoms with E-state index in [1.807, 2.05) is 55.3 Å². The molecular formula is C21H26ClN3O. The van der Waals surface area contributed by atoms with E-state index in [1.54, 1.807) is 0 Å². The zero-order valence-corrected chi connectivity index (χ0v) is 16.2. The van der Waals surface area contributed by atoms with Crippen molar-refractivity contribution < 1.29 is 4.79 Å². The lowest BCUT2D eigenvalue weighted by molar-refractivity contribution is -0.135. The SMILES string of the molecule is C[C@@H](C(=O)N(C)Cc1ccccc1)N1CCN(c2ccccc2Cl)CC1. The number of piperazine rings is 1. The van der Waals surface area contributed by atoms with Crippen LogP contribution < -0.4 is 4.90 Å². The van der Waals surface area contributed by atoms with E-state index in [0.29, 0.717) is 6.54 Å². The summed E-state index contributed by atoms with van der Waals surface area (Å²) >= 11 is 6.31. The zero-order chi connectivity index (χ0) is 18.5. The van der Waals surface area contributed by atoms with E-state index >= 15 is 0 Å². The molecule has 138 valence electrons. The van der Waals surface area contributed by atoms with Crippen LogP contribution >= 0.6 is 11.6 Å². The molecule has 4 nitrogen and oxygen atoms in total. The van der Waals surface area contributed by atoms with Gasteiger partial charge in [-0.15, -0.1) is 0 Å². The summed E-state index contributed by atoms with van der Waals surface area (Å²) in [5.41, 5.74) is 2.23. The molecule has 26 heavy (non-hydrogen) atoms. The highest BCUT2D eigenvalue weighted by atomic mass is 35.5. The molecule has 0 radical (unpaired) electrons. The minimum atomic E-state index is -0.114. The van der Waals surface area contributed by atoms with Crippen molar-refractivity contribution >= 4 is 23.2 Å². The van der Waals surface area contributed by atoms with E-state index < -0.39 is 0 Å². The van der Waals surface area contributed by atoms with Gasteiger partial charge in [0.25, 0.3) is 0 Å². The first-order valence-corrected chi connectivity index (χ1v) is 9.46. The second-order valence-corrected chi connectivity index (χ2v) is 7.24. The second-order valence-electron chi connectivity index (χ2n) is 6.83. The molecule has 0 aromatic heterocycles. The highest BCUT2D eigenvalue weighted by molar-refractivity contribution is 6.33. The molecule has 3 rings (SSSR count). The van der Waals surface area contributed by atoms with Gasteiger partial charge in [0, 0.05) is 39.8 Å². The second kappa shape index (κ2) is 8.56. The smallest absolute Gasteiger partial charge is 0.239 e. The van der Waals surface area contributed by atoms with Gasteiger partial charge >= 0.3 is 0 Å². The number of carbonyl (C=O) groups is 1. The quantitative estimate of drug-likeness (QED) is 0.804. The Balaban J connectivity index is 1.55. The zero-order valence-electron chi connectivity index (χ0n) is 15.4. The summed E-state index contributed by atoms with van der Waals surface area (Å²) in [4.78, 5) is 19.2. The Morgan fingerprint density at radius 2 is 1.65 bits per heavy atom. The number of carbonyl (C=O) groups excluding carboxylic acids is 1. The van der Waals surface area contributed by atoms with Gasteiger partial charge in [-0.25, -0.2) is 0 Å². The first-order chi connectivity index (χ1) is 12.6. The number of anilines is 1. The predicted molar refractivity (Wildman–Crippen MR) is 108 cm³/mol. The highest BCUT2D eigenvalue weighted by Crippen LogP contribution is 2.26. The van der Waals surface area contributed by atoms with Crippen LogP contribution in [0.1, 0.15) is 12.5 Å². The van der Waals surface area contributed by atoms with Crippen LogP contribution in [-0.2, 0) is 11.3 Å². The maximum Gasteiger partial charge on any atom is 0.239 e. The van der Waals surface area contributed by atoms with Crippen molar-refractivity contribution in [2.75, 3.05) is 38.1 Å². The number of benzene rings is 2. The van der Waals surface area contributed by atoms with E-state index in [1.165, 1.54) is 0 Å². The largest absolute Gasteiger partial charge is 0.368 e. The minimum absolute atomic E-state index is 0.114. The van der Waals surface area contributed by atoms with Crippen molar-refractivity contribution in [3.05, 3.63) is 65.2 Å². The van der Waals surface area contributed by atoms with Crippen LogP contribution in [-0.4, -0.2) is 55.0 Å². The Morgan fingerprint density at radius 1 is 1.04 bits per heavy atom. The molecule has 1 saturated heterocycles. The normalized spacial score (nSPS) is 16.3. The number of hydrogen-bond acceptors (Lipinski definition) is 3. The van der Waals surface area contributed by atoms with E-state index in [9.17, 15) is 4.79 Å². The number of hydrogen-bond donors (Lipinski definition) is 0. The molecule has 0 saturated carbocycles. The third-order valence-electron chi connectivity index (χ3n) is 5.05. The van der Waals surface area contributed by atoms with Crippen molar-refractivity contribution in [3.63, 3.8) is 0 Å². The maximum atomic E-state index is 12.8. The van der Waals surface area contributed by atoms with E-state index in [0.717, 1.165) is 42.5 Å². The Morgan fingerprint density at radius 3 is 2.31 bits per heavy atom. The number of amides is 1. The fraction of sp³-hybridized carbons (Fsp3) is 0.381. The van der Waals surface area contributed by atoms with Gasteiger partial charge in [-0.05, 0) is 24.6 Å². The fourth-order valence-corrected chi connectivity index (χ4v) is 3.72. The molecule has 5 heteroatoms. The van der Waals surface area contributed by atoms with Crippen molar-refractivity contribution in [3.8, 4) is 0 Å². The van der Waals surface area contributed by atoms with E-state index in [4.69, 9.17) is 11.6 Å². The Bertz CT molecular complexity index is 729. The molecule has 1 heterocycles. The monoisotopic (exact) mass is 371 g/mol. The topological polar surface area (TPSA) is 26.8 Å². The van der Waals surface area contributed by atoms with E-state index in [-0.39, 0.29) is 11.9 Å². The molecule has 0 unspecified atom stereocenters. The summed E-state index contributed by atoms with van der Waals surface area (Å²) in [5.74, 6) is 0.167. The summed E-state index contributed by atoms with van der Waals surface area (Å²) in [5, 5.41) is 0.785. The van der Waals surface area contributed by atoms with Gasteiger partial charge in [0.15, 0.2) is 0 Å². The van der Waals surface area contributed by atoms with Crippen LogP contribution in [0, 0.1) is 0 Å². The molecule has 0 aliphatic carbocycles. The molecule has 0 spiro atoms. The third kappa shape index (κ3) is 4.37. The fourth-order valence-electron chi connectivity index (χ4n) is 3.47. The molecule has 0 N–H and O–H groups in total. The van der Waals surface area contributed by atoms with Crippen LogP contribution in [0.4, 0.5) is 5.69 Å². The molecular weight excluding hydrogens is 346 g/mol. The van der Waals surface area contributed by atoms with Crippen LogP contribution in [0.25, 0.3) is 0 Å². The summed E-state index contributed by atoms with van der Waals surface area (Å²) in [7, 11) is 1.88. The van der Waals surface area contributed by atoms with Gasteiger partial charge in [-0.1, -0.05) is 54.1 Å². The Hall–Kier alpha value is -2.04. The van der Waals surface area contributed by atoms with Gasteiger partial charge in [0.05, 0.1) is 16.8 Å². The van der Waals surface area contributed by atoms with Crippen molar-refractivity contribution in [1.82, 2.24) is 9.80 Å². The average Bonchev–Trinajstić information content (AvgIpc) is 2.68. The molecule has 1 fully saturated rings. The third-order valence-corrected chi connectivity index (χ3v) is 5.37. The first-order valence-electron chi connectivity index (χ1n) is 9.08. The van der Waals surface area contributed by atoms with Crippen molar-refractivity contribution in [1.29, 1.82) is 0 Å². The summed E-state index contributed by atoms with van der Waals surface area (Å²) in [6.45, 7) is 6.13. The predicted octanol–water partition coefficient (Wildman–Crippen LogP) is 3.51. The van der Waals surface area contributed by atoms with Gasteiger partial charge in [0.2, 0.25) is 5.91 Å². The van der Waals surface area contributed by atoms with Crippen LogP contribution in [0.3, 0.4) is 0 Å². The molecule has 1 atom stereocenters. The summed E-state index contributed by atoms with van der Waals surface area (Å²) < 4.78 is 0. The molecule has 2 aromatic rings. The van der Waals surface area contributed by atoms with Gasteiger partial charge < -0.3 is 9.80 Å². The Kier molecular flexibility index (Phi) is 6.17. The number of rotatable bonds is 5. The highest BCUT2D eigenvalue weighted by Gasteiger charge is 2.28. The van der Waals surface area contributed by atoms with Crippen molar-refractivity contribution in [2.24, 2.45) is 0 Å². The number of nitrogens with zero attached hydrogens (tertiary/aromatic N) is 3. The molecule has 1 aliphatic heterocycles. The van der Waals surface area contributed by atoms with Crippen molar-refractivity contribution in [2.45, 2.75) is 19.5 Å².